The van der Waals surface area contributed by atoms with Crippen molar-refractivity contribution in [2.24, 2.45) is 0 Å². The van der Waals surface area contributed by atoms with Crippen molar-refractivity contribution in [3.05, 3.63) is 40.4 Å². The molecule has 2 aromatic heterocycles. The quantitative estimate of drug-likeness (QED) is 0.752. The molecule has 1 aliphatic heterocycles. The van der Waals surface area contributed by atoms with Gasteiger partial charge in [-0.1, -0.05) is 24.0 Å². The third-order valence-corrected chi connectivity index (χ3v) is 6.62. The molecule has 0 saturated carbocycles. The predicted octanol–water partition coefficient (Wildman–Crippen LogP) is 3.83. The number of aromatic nitrogens is 3. The van der Waals surface area contributed by atoms with Crippen molar-refractivity contribution in [3.63, 3.8) is 0 Å². The molecule has 2 aromatic rings. The minimum absolute atomic E-state index is 0.187. The van der Waals surface area contributed by atoms with Gasteiger partial charge in [0, 0.05) is 30.4 Å². The molecule has 0 radical (unpaired) electrons. The van der Waals surface area contributed by atoms with Gasteiger partial charge in [-0.2, -0.15) is 5.10 Å². The van der Waals surface area contributed by atoms with Crippen molar-refractivity contribution >= 4 is 39.7 Å². The van der Waals surface area contributed by atoms with E-state index in [4.69, 9.17) is 25.5 Å². The van der Waals surface area contributed by atoms with Gasteiger partial charge in [-0.3, -0.25) is 10.1 Å². The standard InChI is InChI=1S/C20H23BN6OS/c1-12-17(23)13(9-24-2)8-15(18(12)28-3)19-25-16-10-27(26-20(16)29-19)14-4-6-21(11-22)7-5-14/h8-10,14,23-24H,4-7H2,1-3H3/b13-9-,23-17?. The summed E-state index contributed by atoms with van der Waals surface area (Å²) in [6.07, 6.45) is 9.63. The van der Waals surface area contributed by atoms with Crippen LogP contribution in [0.3, 0.4) is 0 Å². The van der Waals surface area contributed by atoms with E-state index in [1.54, 1.807) is 18.4 Å². The molecule has 9 heteroatoms. The van der Waals surface area contributed by atoms with Crippen LogP contribution in [0.15, 0.2) is 35.4 Å². The first-order chi connectivity index (χ1) is 14.0. The monoisotopic (exact) mass is 406 g/mol. The van der Waals surface area contributed by atoms with Gasteiger partial charge in [-0.25, -0.2) is 10.2 Å². The Hall–Kier alpha value is -2.86. The molecule has 1 fully saturated rings. The number of nitrogens with zero attached hydrogens (tertiary/aromatic N) is 4. The second-order valence-corrected chi connectivity index (χ2v) is 8.41. The summed E-state index contributed by atoms with van der Waals surface area (Å²) in [7, 11) is 3.45. The smallest absolute Gasteiger partial charge is 0.268 e. The summed E-state index contributed by atoms with van der Waals surface area (Å²) in [5.41, 5.74) is 3.79. The lowest BCUT2D eigenvalue weighted by molar-refractivity contribution is 0.308. The Morgan fingerprint density at radius 3 is 2.83 bits per heavy atom. The highest BCUT2D eigenvalue weighted by molar-refractivity contribution is 7.19. The van der Waals surface area contributed by atoms with Gasteiger partial charge in [0.15, 0.2) is 4.83 Å². The van der Waals surface area contributed by atoms with Gasteiger partial charge >= 0.3 is 0 Å². The zero-order chi connectivity index (χ0) is 20.5. The maximum atomic E-state index is 9.09. The summed E-state index contributed by atoms with van der Waals surface area (Å²) in [4.78, 5) is 5.72. The maximum absolute atomic E-state index is 9.09. The Bertz CT molecular complexity index is 1060. The minimum atomic E-state index is 0.187. The van der Waals surface area contributed by atoms with Crippen molar-refractivity contribution in [3.8, 4) is 5.97 Å². The van der Waals surface area contributed by atoms with Gasteiger partial charge in [-0.15, -0.1) is 0 Å². The fraction of sp³-hybridized carbons (Fsp3) is 0.400. The number of hydrogen-bond acceptors (Lipinski definition) is 7. The van der Waals surface area contributed by atoms with E-state index in [0.29, 0.717) is 17.5 Å². The van der Waals surface area contributed by atoms with Crippen LogP contribution in [0.1, 0.15) is 30.8 Å². The van der Waals surface area contributed by atoms with E-state index in [2.05, 4.69) is 11.3 Å². The van der Waals surface area contributed by atoms with E-state index in [0.717, 1.165) is 57.6 Å². The molecule has 0 atom stereocenters. The van der Waals surface area contributed by atoms with Crippen molar-refractivity contribution in [1.82, 2.24) is 20.1 Å². The van der Waals surface area contributed by atoms with Crippen LogP contribution in [0, 0.1) is 16.6 Å². The number of thiazole rings is 1. The molecule has 148 valence electrons. The van der Waals surface area contributed by atoms with Crippen molar-refractivity contribution in [2.75, 3.05) is 14.2 Å². The van der Waals surface area contributed by atoms with E-state index in [1.165, 1.54) is 0 Å². The number of allylic oxidation sites excluding steroid dienone is 4. The zero-order valence-electron chi connectivity index (χ0n) is 16.8. The highest BCUT2D eigenvalue weighted by Gasteiger charge is 2.28. The molecular formula is C20H23BN6OS. The molecule has 2 N–H and O–H groups in total. The first-order valence-corrected chi connectivity index (χ1v) is 10.6. The number of fused-ring (bicyclic) bond motifs is 1. The highest BCUT2D eigenvalue weighted by atomic mass is 32.1. The second kappa shape index (κ2) is 7.87. The normalized spacial score (nSPS) is 19.7. The van der Waals surface area contributed by atoms with E-state index < -0.39 is 0 Å². The van der Waals surface area contributed by atoms with Gasteiger partial charge in [0.2, 0.25) is 0 Å². The fourth-order valence-electron chi connectivity index (χ4n) is 4.03. The molecule has 0 aromatic carbocycles. The fourth-order valence-corrected chi connectivity index (χ4v) is 4.95. The predicted molar refractivity (Wildman–Crippen MR) is 117 cm³/mol. The summed E-state index contributed by atoms with van der Waals surface area (Å²) in [5.74, 6) is 3.07. The van der Waals surface area contributed by atoms with Crippen LogP contribution in [0.25, 0.3) is 15.9 Å². The number of ether oxygens (including phenoxy) is 1. The molecule has 0 bridgehead atoms. The van der Waals surface area contributed by atoms with Crippen LogP contribution in [-0.4, -0.2) is 41.3 Å². The topological polar surface area (TPSA) is 99.6 Å². The second-order valence-electron chi connectivity index (χ2n) is 7.43. The third-order valence-electron chi connectivity index (χ3n) is 5.63. The lowest BCUT2D eigenvalue weighted by Gasteiger charge is -2.23. The van der Waals surface area contributed by atoms with E-state index >= 15 is 0 Å². The Labute approximate surface area is 174 Å². The highest BCUT2D eigenvalue weighted by Crippen LogP contribution is 2.37. The van der Waals surface area contributed by atoms with Gasteiger partial charge in [0.25, 0.3) is 6.71 Å². The lowest BCUT2D eigenvalue weighted by atomic mass is 9.42. The average Bonchev–Trinajstić information content (AvgIpc) is 3.31. The molecule has 29 heavy (non-hydrogen) atoms. The largest absolute Gasteiger partial charge is 0.496 e. The van der Waals surface area contributed by atoms with Gasteiger partial charge in [-0.05, 0) is 25.8 Å². The first kappa shape index (κ1) is 19.5. The summed E-state index contributed by atoms with van der Waals surface area (Å²) < 4.78 is 7.65. The molecule has 2 aliphatic rings. The van der Waals surface area contributed by atoms with Gasteiger partial charge in [0.05, 0.1) is 30.6 Å². The van der Waals surface area contributed by atoms with E-state index in [1.807, 2.05) is 37.1 Å². The average molecular weight is 406 g/mol. The van der Waals surface area contributed by atoms with Crippen LogP contribution in [-0.2, 0) is 4.74 Å². The van der Waals surface area contributed by atoms with Crippen LogP contribution in [0.4, 0.5) is 0 Å². The van der Waals surface area contributed by atoms with Gasteiger partial charge < -0.3 is 10.1 Å². The molecule has 1 aliphatic carbocycles. The summed E-state index contributed by atoms with van der Waals surface area (Å²) in [6.45, 7) is 2.08. The number of rotatable bonds is 4. The van der Waals surface area contributed by atoms with Crippen LogP contribution >= 0.6 is 11.3 Å². The van der Waals surface area contributed by atoms with E-state index in [-0.39, 0.29) is 6.71 Å². The number of hydrogen-bond donors (Lipinski definition) is 2. The van der Waals surface area contributed by atoms with Crippen LogP contribution in [0.2, 0.25) is 12.6 Å². The summed E-state index contributed by atoms with van der Waals surface area (Å²) in [5, 5.41) is 26.1. The molecular weight excluding hydrogens is 383 g/mol. The molecule has 4 rings (SSSR count). The molecule has 0 unspecified atom stereocenters. The van der Waals surface area contributed by atoms with E-state index in [9.17, 15) is 0 Å². The molecule has 3 heterocycles. The number of methoxy groups -OCH3 is 1. The SMILES string of the molecule is CN/C=C1/C=C(c2nc3cn(C4CCB(C#N)CC4)nc3s2)C(OC)=C(C)C1=N. The van der Waals surface area contributed by atoms with Crippen molar-refractivity contribution in [1.29, 1.82) is 10.7 Å². The van der Waals surface area contributed by atoms with Crippen LogP contribution < -0.4 is 5.32 Å². The molecule has 0 spiro atoms. The molecule has 0 amide bonds. The Morgan fingerprint density at radius 2 is 2.21 bits per heavy atom. The summed E-state index contributed by atoms with van der Waals surface area (Å²) >= 11 is 1.54. The minimum Gasteiger partial charge on any atom is -0.496 e. The Kier molecular flexibility index (Phi) is 5.28. The zero-order valence-corrected chi connectivity index (χ0v) is 17.6. The summed E-state index contributed by atoms with van der Waals surface area (Å²) in [6, 6.07) is 0.348. The Balaban J connectivity index is 1.65. The molecule has 7 nitrogen and oxygen atoms in total. The first-order valence-electron chi connectivity index (χ1n) is 9.75. The van der Waals surface area contributed by atoms with Crippen molar-refractivity contribution in [2.45, 2.75) is 38.4 Å². The van der Waals surface area contributed by atoms with Gasteiger partial charge in [0.1, 0.15) is 16.3 Å². The third kappa shape index (κ3) is 3.49. The number of nitriles is 1. The Morgan fingerprint density at radius 1 is 1.45 bits per heavy atom. The lowest BCUT2D eigenvalue weighted by Crippen LogP contribution is -2.22. The van der Waals surface area contributed by atoms with Crippen LogP contribution in [0.5, 0.6) is 0 Å². The number of nitrogens with one attached hydrogen (secondary N) is 2. The van der Waals surface area contributed by atoms with Crippen molar-refractivity contribution < 1.29 is 4.74 Å². The molecule has 1 saturated heterocycles. The maximum Gasteiger partial charge on any atom is 0.268 e.